The van der Waals surface area contributed by atoms with Gasteiger partial charge in [0.1, 0.15) is 24.9 Å². The predicted molar refractivity (Wildman–Crippen MR) is 86.6 cm³/mol. The van der Waals surface area contributed by atoms with E-state index in [0.29, 0.717) is 12.8 Å². The van der Waals surface area contributed by atoms with Gasteiger partial charge in [-0.2, -0.15) is 0 Å². The molecule has 2 aliphatic heterocycles. The molecule has 0 saturated carbocycles. The molecule has 2 heterocycles. The highest BCUT2D eigenvalue weighted by Crippen LogP contribution is 2.22. The maximum absolute atomic E-state index is 11.9. The highest BCUT2D eigenvalue weighted by Gasteiger charge is 2.38. The van der Waals surface area contributed by atoms with Crippen LogP contribution in [0.15, 0.2) is 0 Å². The molecule has 0 aromatic carbocycles. The Labute approximate surface area is 156 Å². The summed E-state index contributed by atoms with van der Waals surface area (Å²) in [6.07, 6.45) is -3.88. The molecule has 0 amide bonds. The van der Waals surface area contributed by atoms with Crippen molar-refractivity contribution in [2.75, 3.05) is 6.61 Å². The molecule has 2 saturated heterocycles. The van der Waals surface area contributed by atoms with Gasteiger partial charge in [-0.3, -0.25) is 9.59 Å². The van der Waals surface area contributed by atoms with Crippen LogP contribution in [0.4, 0.5) is 9.59 Å². The minimum absolute atomic E-state index is 0.140. The van der Waals surface area contributed by atoms with Crippen LogP contribution in [-0.2, 0) is 38.0 Å². The number of carbonyl (C=O) groups is 4. The van der Waals surface area contributed by atoms with Gasteiger partial charge in [0.15, 0.2) is 12.2 Å². The van der Waals surface area contributed by atoms with Crippen LogP contribution in [0.5, 0.6) is 0 Å². The number of cyclic esters (lactones) is 4. The second-order valence-electron chi connectivity index (χ2n) is 6.33. The van der Waals surface area contributed by atoms with Crippen molar-refractivity contribution in [2.45, 2.75) is 77.0 Å². The molecular formula is C17H24O10. The van der Waals surface area contributed by atoms with Crippen LogP contribution in [-0.4, -0.2) is 61.4 Å². The zero-order valence-electron chi connectivity index (χ0n) is 15.5. The van der Waals surface area contributed by atoms with Crippen molar-refractivity contribution in [3.63, 3.8) is 0 Å². The number of carbonyl (C=O) groups excluding carboxylic acids is 4. The van der Waals surface area contributed by atoms with Crippen molar-refractivity contribution in [2.24, 2.45) is 0 Å². The van der Waals surface area contributed by atoms with Crippen molar-refractivity contribution in [1.29, 1.82) is 0 Å². The van der Waals surface area contributed by atoms with Crippen LogP contribution < -0.4 is 0 Å². The smallest absolute Gasteiger partial charge is 0.462 e. The van der Waals surface area contributed by atoms with Gasteiger partial charge >= 0.3 is 24.2 Å². The Morgan fingerprint density at radius 2 is 1.30 bits per heavy atom. The summed E-state index contributed by atoms with van der Waals surface area (Å²) in [5, 5.41) is 0. The first-order valence-electron chi connectivity index (χ1n) is 8.92. The SMILES string of the molecule is CCC1OC(=O)OC1CC(=O)OCC(C)OC(=O)CC1OC(=O)OC1CC. The Morgan fingerprint density at radius 3 is 1.78 bits per heavy atom. The molecular weight excluding hydrogens is 364 g/mol. The molecule has 10 heteroatoms. The zero-order valence-corrected chi connectivity index (χ0v) is 15.5. The second-order valence-corrected chi connectivity index (χ2v) is 6.33. The van der Waals surface area contributed by atoms with Gasteiger partial charge in [0.05, 0.1) is 12.8 Å². The van der Waals surface area contributed by atoms with E-state index in [-0.39, 0.29) is 19.4 Å². The fourth-order valence-electron chi connectivity index (χ4n) is 2.80. The summed E-state index contributed by atoms with van der Waals surface area (Å²) < 4.78 is 29.8. The second kappa shape index (κ2) is 9.43. The van der Waals surface area contributed by atoms with Gasteiger partial charge in [-0.05, 0) is 19.8 Å². The van der Waals surface area contributed by atoms with Crippen molar-refractivity contribution in [1.82, 2.24) is 0 Å². The van der Waals surface area contributed by atoms with Crippen LogP contribution >= 0.6 is 0 Å². The molecule has 27 heavy (non-hydrogen) atoms. The summed E-state index contributed by atoms with van der Waals surface area (Å²) in [7, 11) is 0. The average Bonchev–Trinajstić information content (AvgIpc) is 3.14. The standard InChI is InChI=1S/C17H24O10/c1-4-10-12(26-16(20)24-10)6-14(18)22-8-9(3)23-15(19)7-13-11(5-2)25-17(21)27-13/h9-13H,4-8H2,1-3H3. The number of esters is 2. The van der Waals surface area contributed by atoms with Crippen LogP contribution in [0.3, 0.4) is 0 Å². The lowest BCUT2D eigenvalue weighted by atomic mass is 10.1. The van der Waals surface area contributed by atoms with Crippen molar-refractivity contribution in [3.05, 3.63) is 0 Å². The van der Waals surface area contributed by atoms with E-state index in [1.807, 2.05) is 13.8 Å². The molecule has 0 spiro atoms. The van der Waals surface area contributed by atoms with E-state index in [4.69, 9.17) is 28.4 Å². The highest BCUT2D eigenvalue weighted by molar-refractivity contribution is 5.73. The molecule has 0 aliphatic carbocycles. The molecule has 10 nitrogen and oxygen atoms in total. The molecule has 0 aromatic heterocycles. The van der Waals surface area contributed by atoms with Gasteiger partial charge in [-0.25, -0.2) is 9.59 Å². The lowest BCUT2D eigenvalue weighted by molar-refractivity contribution is -0.160. The summed E-state index contributed by atoms with van der Waals surface area (Å²) in [5.74, 6) is -1.19. The average molecular weight is 388 g/mol. The monoisotopic (exact) mass is 388 g/mol. The molecule has 5 atom stereocenters. The minimum Gasteiger partial charge on any atom is -0.462 e. The molecule has 0 aromatic rings. The molecule has 152 valence electrons. The largest absolute Gasteiger partial charge is 0.509 e. The van der Waals surface area contributed by atoms with Gasteiger partial charge in [0.25, 0.3) is 0 Å². The first-order valence-corrected chi connectivity index (χ1v) is 8.92. The number of hydrogen-bond donors (Lipinski definition) is 0. The Bertz CT molecular complexity index is 574. The molecule has 0 N–H and O–H groups in total. The fraction of sp³-hybridized carbons (Fsp3) is 0.765. The fourth-order valence-corrected chi connectivity index (χ4v) is 2.80. The van der Waals surface area contributed by atoms with Gasteiger partial charge in [-0.15, -0.1) is 0 Å². The van der Waals surface area contributed by atoms with Crippen molar-refractivity contribution in [3.8, 4) is 0 Å². The third kappa shape index (κ3) is 6.00. The first kappa shape index (κ1) is 20.8. The lowest BCUT2D eigenvalue weighted by Gasteiger charge is -2.17. The Balaban J connectivity index is 1.68. The van der Waals surface area contributed by atoms with Crippen molar-refractivity contribution >= 4 is 24.2 Å². The third-order valence-electron chi connectivity index (χ3n) is 4.17. The quantitative estimate of drug-likeness (QED) is 0.427. The number of rotatable bonds is 9. The summed E-state index contributed by atoms with van der Waals surface area (Å²) in [5.41, 5.74) is 0. The molecule has 2 fully saturated rings. The van der Waals surface area contributed by atoms with E-state index in [1.165, 1.54) is 0 Å². The minimum atomic E-state index is -0.802. The van der Waals surface area contributed by atoms with E-state index < -0.39 is 54.8 Å². The topological polar surface area (TPSA) is 124 Å². The van der Waals surface area contributed by atoms with Crippen LogP contribution in [0, 0.1) is 0 Å². The highest BCUT2D eigenvalue weighted by atomic mass is 16.8. The first-order chi connectivity index (χ1) is 12.8. The van der Waals surface area contributed by atoms with E-state index in [9.17, 15) is 19.2 Å². The van der Waals surface area contributed by atoms with Crippen molar-refractivity contribution < 1.29 is 47.6 Å². The van der Waals surface area contributed by atoms with E-state index in [1.54, 1.807) is 6.92 Å². The molecule has 2 rings (SSSR count). The maximum Gasteiger partial charge on any atom is 0.509 e. The Hall–Kier alpha value is -2.52. The predicted octanol–water partition coefficient (Wildman–Crippen LogP) is 1.87. The van der Waals surface area contributed by atoms with Gasteiger partial charge in [0.2, 0.25) is 0 Å². The Morgan fingerprint density at radius 1 is 0.852 bits per heavy atom. The zero-order chi connectivity index (χ0) is 20.0. The van der Waals surface area contributed by atoms with Gasteiger partial charge in [-0.1, -0.05) is 13.8 Å². The van der Waals surface area contributed by atoms with Crippen LogP contribution in [0.25, 0.3) is 0 Å². The van der Waals surface area contributed by atoms with Gasteiger partial charge < -0.3 is 28.4 Å². The lowest BCUT2D eigenvalue weighted by Crippen LogP contribution is -2.30. The summed E-state index contributed by atoms with van der Waals surface area (Å²) in [6, 6.07) is 0. The number of ether oxygens (including phenoxy) is 6. The summed E-state index contributed by atoms with van der Waals surface area (Å²) >= 11 is 0. The molecule has 0 bridgehead atoms. The normalized spacial score (nSPS) is 27.8. The molecule has 5 unspecified atom stereocenters. The molecule has 2 aliphatic rings. The van der Waals surface area contributed by atoms with E-state index >= 15 is 0 Å². The van der Waals surface area contributed by atoms with Crippen LogP contribution in [0.2, 0.25) is 0 Å². The van der Waals surface area contributed by atoms with Gasteiger partial charge in [0, 0.05) is 0 Å². The Kier molecular flexibility index (Phi) is 7.26. The van der Waals surface area contributed by atoms with E-state index in [0.717, 1.165) is 0 Å². The van der Waals surface area contributed by atoms with E-state index in [2.05, 4.69) is 0 Å². The summed E-state index contributed by atoms with van der Waals surface area (Å²) in [6.45, 7) is 5.03. The number of hydrogen-bond acceptors (Lipinski definition) is 10. The van der Waals surface area contributed by atoms with Crippen LogP contribution in [0.1, 0.15) is 46.5 Å². The maximum atomic E-state index is 11.9. The third-order valence-corrected chi connectivity index (χ3v) is 4.17. The summed E-state index contributed by atoms with van der Waals surface area (Å²) in [4.78, 5) is 46.0. The molecule has 0 radical (unpaired) electrons.